The van der Waals surface area contributed by atoms with Crippen LogP contribution < -0.4 is 15.5 Å². The maximum Gasteiger partial charge on any atom is 0.248 e. The molecule has 27 heavy (non-hydrogen) atoms. The highest BCUT2D eigenvalue weighted by Gasteiger charge is 2.46. The van der Waals surface area contributed by atoms with Crippen LogP contribution in [0.4, 0.5) is 17.5 Å². The van der Waals surface area contributed by atoms with Gasteiger partial charge in [-0.1, -0.05) is 6.92 Å². The summed E-state index contributed by atoms with van der Waals surface area (Å²) < 4.78 is 1.48. The molecule has 1 saturated heterocycles. The Morgan fingerprint density at radius 3 is 2.96 bits per heavy atom. The maximum absolute atomic E-state index is 12.7. The van der Waals surface area contributed by atoms with E-state index in [-0.39, 0.29) is 18.4 Å². The molecule has 2 aromatic rings. The third kappa shape index (κ3) is 3.57. The largest absolute Gasteiger partial charge is 0.358 e. The molecule has 1 aliphatic heterocycles. The van der Waals surface area contributed by atoms with Crippen LogP contribution in [-0.4, -0.2) is 45.2 Å². The lowest BCUT2D eigenvalue weighted by Gasteiger charge is -2.19. The summed E-state index contributed by atoms with van der Waals surface area (Å²) in [6.45, 7) is 2.39. The van der Waals surface area contributed by atoms with E-state index in [2.05, 4.69) is 31.8 Å². The van der Waals surface area contributed by atoms with Crippen LogP contribution >= 0.6 is 0 Å². The molecule has 140 valence electrons. The first kappa shape index (κ1) is 18.3. The number of rotatable bonds is 6. The molecule has 2 aromatic heterocycles. The summed E-state index contributed by atoms with van der Waals surface area (Å²) in [6.07, 6.45) is 5.71. The second-order valence-electron chi connectivity index (χ2n) is 6.22. The van der Waals surface area contributed by atoms with Gasteiger partial charge in [0.1, 0.15) is 17.8 Å². The van der Waals surface area contributed by atoms with Crippen LogP contribution in [-0.2, 0) is 16.1 Å². The highest BCUT2D eigenvalue weighted by Crippen LogP contribution is 2.36. The third-order valence-corrected chi connectivity index (χ3v) is 4.63. The average Bonchev–Trinajstić information content (AvgIpc) is 3.26. The van der Waals surface area contributed by atoms with Crippen LogP contribution in [0.3, 0.4) is 0 Å². The number of nitrogens with zero attached hydrogens (tertiary/aromatic N) is 6. The van der Waals surface area contributed by atoms with Gasteiger partial charge in [-0.15, -0.1) is 0 Å². The van der Waals surface area contributed by atoms with E-state index < -0.39 is 5.41 Å². The highest BCUT2D eigenvalue weighted by molar-refractivity contribution is 6.01. The molecule has 0 aliphatic carbocycles. The Hall–Kier alpha value is -3.48. The summed E-state index contributed by atoms with van der Waals surface area (Å²) in [6, 6.07) is 3.80. The molecule has 0 unspecified atom stereocenters. The molecule has 0 aromatic carbocycles. The van der Waals surface area contributed by atoms with Crippen molar-refractivity contribution in [1.29, 1.82) is 5.26 Å². The first-order chi connectivity index (χ1) is 13.0. The summed E-state index contributed by atoms with van der Waals surface area (Å²) in [5, 5.41) is 19.0. The highest BCUT2D eigenvalue weighted by atomic mass is 16.2. The Balaban J connectivity index is 1.74. The molecule has 1 aliphatic rings. The zero-order valence-electron chi connectivity index (χ0n) is 15.1. The number of carbonyl (C=O) groups excluding carboxylic acids is 2. The van der Waals surface area contributed by atoms with Crippen LogP contribution in [0.15, 0.2) is 24.7 Å². The van der Waals surface area contributed by atoms with Crippen LogP contribution in [0.25, 0.3) is 0 Å². The molecule has 2 N–H and O–H groups in total. The van der Waals surface area contributed by atoms with Gasteiger partial charge in [-0.2, -0.15) is 15.3 Å². The van der Waals surface area contributed by atoms with Gasteiger partial charge >= 0.3 is 0 Å². The van der Waals surface area contributed by atoms with Gasteiger partial charge in [-0.3, -0.25) is 19.2 Å². The Kier molecular flexibility index (Phi) is 5.03. The average molecular weight is 368 g/mol. The third-order valence-electron chi connectivity index (χ3n) is 4.63. The molecular weight excluding hydrogens is 348 g/mol. The van der Waals surface area contributed by atoms with Crippen molar-refractivity contribution < 1.29 is 9.59 Å². The molecule has 10 nitrogen and oxygen atoms in total. The summed E-state index contributed by atoms with van der Waals surface area (Å²) in [7, 11) is 1.56. The van der Waals surface area contributed by atoms with E-state index in [1.54, 1.807) is 31.7 Å². The minimum absolute atomic E-state index is 0.106. The Labute approximate surface area is 156 Å². The summed E-state index contributed by atoms with van der Waals surface area (Å²) in [5.41, 5.74) is -0.358. The predicted molar refractivity (Wildman–Crippen MR) is 96.9 cm³/mol. The van der Waals surface area contributed by atoms with Crippen LogP contribution in [0, 0.1) is 16.7 Å². The van der Waals surface area contributed by atoms with Crippen molar-refractivity contribution >= 4 is 29.3 Å². The molecule has 0 saturated carbocycles. The molecular formula is C17H20N8O2. The molecule has 3 heterocycles. The topological polar surface area (TPSA) is 129 Å². The van der Waals surface area contributed by atoms with Crippen LogP contribution in [0.5, 0.6) is 0 Å². The van der Waals surface area contributed by atoms with Crippen molar-refractivity contribution in [2.45, 2.75) is 26.3 Å². The van der Waals surface area contributed by atoms with E-state index in [9.17, 15) is 14.9 Å². The Bertz CT molecular complexity index is 902. The molecule has 2 amide bonds. The minimum Gasteiger partial charge on any atom is -0.358 e. The standard InChI is InChI=1S/C17H20N8O2/c1-3-17(11-18)5-7-25(15(17)27)13-4-6-20-16(23-13)22-12-8-21-24(9-12)10-14(26)19-2/h4,6,8-9H,3,5,7,10H2,1-2H3,(H,19,26)(H,20,22,23)/t17-/m1/s1. The maximum atomic E-state index is 12.7. The monoisotopic (exact) mass is 368 g/mol. The zero-order chi connectivity index (χ0) is 19.4. The van der Waals surface area contributed by atoms with E-state index in [1.807, 2.05) is 6.92 Å². The molecule has 0 bridgehead atoms. The Morgan fingerprint density at radius 1 is 1.48 bits per heavy atom. The van der Waals surface area contributed by atoms with E-state index >= 15 is 0 Å². The number of amides is 2. The number of nitriles is 1. The van der Waals surface area contributed by atoms with Gasteiger partial charge in [-0.25, -0.2) is 4.98 Å². The van der Waals surface area contributed by atoms with E-state index in [1.165, 1.54) is 9.58 Å². The summed E-state index contributed by atoms with van der Waals surface area (Å²) >= 11 is 0. The van der Waals surface area contributed by atoms with E-state index in [4.69, 9.17) is 0 Å². The number of hydrogen-bond acceptors (Lipinski definition) is 7. The van der Waals surface area contributed by atoms with Gasteiger partial charge in [0.25, 0.3) is 0 Å². The van der Waals surface area contributed by atoms with Gasteiger partial charge in [0.05, 0.1) is 18.0 Å². The molecule has 10 heteroatoms. The normalized spacial score (nSPS) is 19.0. The lowest BCUT2D eigenvalue weighted by Crippen LogP contribution is -2.33. The van der Waals surface area contributed by atoms with Crippen molar-refractivity contribution in [3.8, 4) is 6.07 Å². The second kappa shape index (κ2) is 7.41. The van der Waals surface area contributed by atoms with Crippen molar-refractivity contribution in [2.24, 2.45) is 5.41 Å². The first-order valence-electron chi connectivity index (χ1n) is 8.57. The number of aromatic nitrogens is 4. The van der Waals surface area contributed by atoms with Crippen molar-refractivity contribution in [1.82, 2.24) is 25.1 Å². The fourth-order valence-corrected chi connectivity index (χ4v) is 2.93. The van der Waals surface area contributed by atoms with Gasteiger partial charge in [0.2, 0.25) is 17.8 Å². The minimum atomic E-state index is -0.973. The number of anilines is 3. The van der Waals surface area contributed by atoms with Crippen molar-refractivity contribution in [2.75, 3.05) is 23.8 Å². The molecule has 1 fully saturated rings. The summed E-state index contributed by atoms with van der Waals surface area (Å²) in [5.74, 6) is 0.356. The second-order valence-corrected chi connectivity index (χ2v) is 6.22. The van der Waals surface area contributed by atoms with E-state index in [0.717, 1.165) is 0 Å². The van der Waals surface area contributed by atoms with Crippen molar-refractivity contribution in [3.63, 3.8) is 0 Å². The lowest BCUT2D eigenvalue weighted by molar-refractivity contribution is -0.123. The number of likely N-dealkylation sites (N-methyl/N-ethyl adjacent to an activating group) is 1. The fourth-order valence-electron chi connectivity index (χ4n) is 2.93. The quantitative estimate of drug-likeness (QED) is 0.772. The number of nitrogens with one attached hydrogen (secondary N) is 2. The lowest BCUT2D eigenvalue weighted by atomic mass is 9.85. The smallest absolute Gasteiger partial charge is 0.248 e. The summed E-state index contributed by atoms with van der Waals surface area (Å²) in [4.78, 5) is 34.1. The molecule has 3 rings (SSSR count). The Morgan fingerprint density at radius 2 is 2.30 bits per heavy atom. The van der Waals surface area contributed by atoms with Crippen molar-refractivity contribution in [3.05, 3.63) is 24.7 Å². The van der Waals surface area contributed by atoms with Gasteiger partial charge in [0.15, 0.2) is 0 Å². The van der Waals surface area contributed by atoms with Gasteiger partial charge < -0.3 is 10.6 Å². The van der Waals surface area contributed by atoms with Crippen LogP contribution in [0.2, 0.25) is 0 Å². The zero-order valence-corrected chi connectivity index (χ0v) is 15.1. The van der Waals surface area contributed by atoms with E-state index in [0.29, 0.717) is 36.8 Å². The van der Waals surface area contributed by atoms with Gasteiger partial charge in [-0.05, 0) is 18.9 Å². The molecule has 0 radical (unpaired) electrons. The number of carbonyl (C=O) groups is 2. The van der Waals surface area contributed by atoms with Gasteiger partial charge in [0, 0.05) is 26.0 Å². The first-order valence-corrected chi connectivity index (χ1v) is 8.57. The van der Waals surface area contributed by atoms with Crippen LogP contribution in [0.1, 0.15) is 19.8 Å². The molecule has 0 spiro atoms. The number of hydrogen-bond donors (Lipinski definition) is 2. The fraction of sp³-hybridized carbons (Fsp3) is 0.412. The SMILES string of the molecule is CC[C@]1(C#N)CCN(c2ccnc(Nc3cnn(CC(=O)NC)c3)n2)C1=O. The molecule has 1 atom stereocenters. The predicted octanol–water partition coefficient (Wildman–Crippen LogP) is 0.819.